The van der Waals surface area contributed by atoms with Crippen LogP contribution >= 0.6 is 0 Å². The standard InChI is InChI=1S/C25H37N3O3S/c1-17(25-14-18-10-19(15-25)12-20(11-18)16-25)26-24(29)22-13-21(32(30,31)27(2)3)6-7-23(22)28-8-4-5-9-28/h6-7,13,17-20H,4-5,8-12,14-16H2,1-3H3,(H,26,29)/t17-,18?,19?,20?,25?/m1/s1. The number of nitrogens with one attached hydrogen (secondary N) is 1. The molecule has 1 atom stereocenters. The number of rotatable bonds is 6. The van der Waals surface area contributed by atoms with E-state index in [1.54, 1.807) is 12.1 Å². The Morgan fingerprint density at radius 2 is 1.62 bits per heavy atom. The summed E-state index contributed by atoms with van der Waals surface area (Å²) in [5.74, 6) is 2.35. The Morgan fingerprint density at radius 1 is 1.06 bits per heavy atom. The Morgan fingerprint density at radius 3 is 2.16 bits per heavy atom. The highest BCUT2D eigenvalue weighted by Crippen LogP contribution is 2.61. The van der Waals surface area contributed by atoms with Crippen LogP contribution in [0, 0.1) is 23.2 Å². The highest BCUT2D eigenvalue weighted by atomic mass is 32.2. The molecule has 32 heavy (non-hydrogen) atoms. The lowest BCUT2D eigenvalue weighted by molar-refractivity contribution is -0.0688. The quantitative estimate of drug-likeness (QED) is 0.701. The third-order valence-corrected chi connectivity index (χ3v) is 10.6. The SMILES string of the molecule is C[C@@H](NC(=O)c1cc(S(=O)(=O)N(C)C)ccc1N1CCCC1)C12CC3CC(CC(C3)C1)C2. The summed E-state index contributed by atoms with van der Waals surface area (Å²) in [6.07, 6.45) is 10.0. The number of nitrogens with zero attached hydrogens (tertiary/aromatic N) is 2. The van der Waals surface area contributed by atoms with Crippen molar-refractivity contribution in [1.82, 2.24) is 9.62 Å². The van der Waals surface area contributed by atoms with E-state index in [4.69, 9.17) is 0 Å². The van der Waals surface area contributed by atoms with E-state index in [1.807, 2.05) is 6.07 Å². The fourth-order valence-electron chi connectivity index (χ4n) is 7.44. The summed E-state index contributed by atoms with van der Waals surface area (Å²) in [6, 6.07) is 5.16. The van der Waals surface area contributed by atoms with E-state index < -0.39 is 10.0 Å². The molecule has 1 aliphatic heterocycles. The summed E-state index contributed by atoms with van der Waals surface area (Å²) in [6.45, 7) is 4.00. The highest BCUT2D eigenvalue weighted by Gasteiger charge is 2.53. The van der Waals surface area contributed by atoms with Crippen LogP contribution in [0.3, 0.4) is 0 Å². The Kier molecular flexibility index (Phi) is 5.56. The van der Waals surface area contributed by atoms with Crippen molar-refractivity contribution in [2.75, 3.05) is 32.1 Å². The van der Waals surface area contributed by atoms with E-state index in [0.717, 1.165) is 49.4 Å². The Labute approximate surface area is 192 Å². The molecule has 1 aromatic carbocycles. The monoisotopic (exact) mass is 459 g/mol. The summed E-state index contributed by atoms with van der Waals surface area (Å²) in [4.78, 5) is 16.0. The van der Waals surface area contributed by atoms with Crippen molar-refractivity contribution in [3.63, 3.8) is 0 Å². The van der Waals surface area contributed by atoms with Gasteiger partial charge in [-0.1, -0.05) is 0 Å². The van der Waals surface area contributed by atoms with Gasteiger partial charge in [-0.2, -0.15) is 0 Å². The van der Waals surface area contributed by atoms with Gasteiger partial charge in [0.15, 0.2) is 0 Å². The van der Waals surface area contributed by atoms with E-state index >= 15 is 0 Å². The summed E-state index contributed by atoms with van der Waals surface area (Å²) < 4.78 is 26.7. The van der Waals surface area contributed by atoms with Gasteiger partial charge in [-0.15, -0.1) is 0 Å². The van der Waals surface area contributed by atoms with Crippen molar-refractivity contribution < 1.29 is 13.2 Å². The first-order valence-corrected chi connectivity index (χ1v) is 13.7. The van der Waals surface area contributed by atoms with Gasteiger partial charge >= 0.3 is 0 Å². The molecule has 1 amide bonds. The van der Waals surface area contributed by atoms with Gasteiger partial charge in [-0.3, -0.25) is 4.79 Å². The second-order valence-electron chi connectivity index (χ2n) is 11.1. The molecular formula is C25H37N3O3S. The maximum atomic E-state index is 13.6. The normalized spacial score (nSPS) is 32.5. The topological polar surface area (TPSA) is 69.7 Å². The molecule has 0 spiro atoms. The van der Waals surface area contributed by atoms with Crippen molar-refractivity contribution in [3.8, 4) is 0 Å². The molecule has 6 nitrogen and oxygen atoms in total. The largest absolute Gasteiger partial charge is 0.371 e. The Hall–Kier alpha value is -1.60. The molecular weight excluding hydrogens is 422 g/mol. The average molecular weight is 460 g/mol. The van der Waals surface area contributed by atoms with Crippen molar-refractivity contribution in [3.05, 3.63) is 23.8 Å². The van der Waals surface area contributed by atoms with Crippen LogP contribution in [0.25, 0.3) is 0 Å². The van der Waals surface area contributed by atoms with Crippen LogP contribution in [-0.4, -0.2) is 51.9 Å². The van der Waals surface area contributed by atoms with Crippen molar-refractivity contribution >= 4 is 21.6 Å². The van der Waals surface area contributed by atoms with E-state index in [2.05, 4.69) is 17.1 Å². The summed E-state index contributed by atoms with van der Waals surface area (Å²) in [7, 11) is -0.551. The maximum Gasteiger partial charge on any atom is 0.253 e. The molecule has 1 heterocycles. The minimum Gasteiger partial charge on any atom is -0.371 e. The lowest BCUT2D eigenvalue weighted by Crippen LogP contribution is -2.55. The van der Waals surface area contributed by atoms with Crippen molar-refractivity contribution in [2.45, 2.75) is 69.2 Å². The van der Waals surface area contributed by atoms with E-state index in [-0.39, 0.29) is 22.3 Å². The predicted octanol–water partition coefficient (Wildman–Crippen LogP) is 3.87. The van der Waals surface area contributed by atoms with Crippen LogP contribution in [-0.2, 0) is 10.0 Å². The summed E-state index contributed by atoms with van der Waals surface area (Å²) >= 11 is 0. The smallest absolute Gasteiger partial charge is 0.253 e. The van der Waals surface area contributed by atoms with Crippen LogP contribution in [0.5, 0.6) is 0 Å². The highest BCUT2D eigenvalue weighted by molar-refractivity contribution is 7.89. The molecule has 1 saturated heterocycles. The first-order chi connectivity index (χ1) is 15.2. The second-order valence-corrected chi connectivity index (χ2v) is 13.3. The number of anilines is 1. The number of carbonyl (C=O) groups excluding carboxylic acids is 1. The number of sulfonamides is 1. The fraction of sp³-hybridized carbons (Fsp3) is 0.720. The molecule has 4 bridgehead atoms. The lowest BCUT2D eigenvalue weighted by Gasteiger charge is -2.59. The van der Waals surface area contributed by atoms with Gasteiger partial charge in [-0.25, -0.2) is 12.7 Å². The van der Waals surface area contributed by atoms with Crippen LogP contribution in [0.2, 0.25) is 0 Å². The van der Waals surface area contributed by atoms with Gasteiger partial charge in [0.25, 0.3) is 5.91 Å². The first kappa shape index (κ1) is 22.2. The number of amides is 1. The molecule has 4 saturated carbocycles. The van der Waals surface area contributed by atoms with Gasteiger partial charge in [0.1, 0.15) is 0 Å². The molecule has 0 unspecified atom stereocenters. The van der Waals surface area contributed by atoms with E-state index in [1.165, 1.54) is 56.9 Å². The van der Waals surface area contributed by atoms with Gasteiger partial charge in [-0.05, 0) is 99.7 Å². The van der Waals surface area contributed by atoms with Gasteiger partial charge in [0.2, 0.25) is 10.0 Å². The molecule has 6 rings (SSSR count). The molecule has 5 aliphatic rings. The lowest BCUT2D eigenvalue weighted by atomic mass is 9.48. The zero-order valence-electron chi connectivity index (χ0n) is 19.6. The second kappa shape index (κ2) is 8.01. The predicted molar refractivity (Wildman–Crippen MR) is 126 cm³/mol. The third kappa shape index (κ3) is 3.75. The fourth-order valence-corrected chi connectivity index (χ4v) is 8.37. The number of hydrogen-bond acceptors (Lipinski definition) is 4. The molecule has 0 aromatic heterocycles. The first-order valence-electron chi connectivity index (χ1n) is 12.3. The number of hydrogen-bond donors (Lipinski definition) is 1. The van der Waals surface area contributed by atoms with E-state index in [9.17, 15) is 13.2 Å². The van der Waals surface area contributed by atoms with Crippen LogP contribution < -0.4 is 10.2 Å². The Balaban J connectivity index is 1.44. The van der Waals surface area contributed by atoms with Crippen molar-refractivity contribution in [1.29, 1.82) is 0 Å². The third-order valence-electron chi connectivity index (χ3n) is 8.79. The van der Waals surface area contributed by atoms with Gasteiger partial charge in [0, 0.05) is 38.9 Å². The zero-order chi connectivity index (χ0) is 22.7. The van der Waals surface area contributed by atoms with Gasteiger partial charge in [0.05, 0.1) is 10.5 Å². The van der Waals surface area contributed by atoms with Crippen LogP contribution in [0.1, 0.15) is 68.6 Å². The summed E-state index contributed by atoms with van der Waals surface area (Å²) in [5, 5.41) is 3.35. The number of benzene rings is 1. The number of carbonyl (C=O) groups is 1. The minimum atomic E-state index is -3.60. The minimum absolute atomic E-state index is 0.101. The van der Waals surface area contributed by atoms with Crippen LogP contribution in [0.4, 0.5) is 5.69 Å². The maximum absolute atomic E-state index is 13.6. The zero-order valence-corrected chi connectivity index (χ0v) is 20.5. The average Bonchev–Trinajstić information content (AvgIpc) is 3.27. The molecule has 1 aromatic rings. The van der Waals surface area contributed by atoms with Crippen molar-refractivity contribution in [2.24, 2.45) is 23.2 Å². The van der Waals surface area contributed by atoms with E-state index in [0.29, 0.717) is 5.56 Å². The molecule has 176 valence electrons. The van der Waals surface area contributed by atoms with Crippen LogP contribution in [0.15, 0.2) is 23.1 Å². The molecule has 7 heteroatoms. The molecule has 4 aliphatic carbocycles. The summed E-state index contributed by atoms with van der Waals surface area (Å²) in [5.41, 5.74) is 1.56. The molecule has 0 radical (unpaired) electrons. The molecule has 5 fully saturated rings. The Bertz CT molecular complexity index is 962. The van der Waals surface area contributed by atoms with Gasteiger partial charge < -0.3 is 10.2 Å². The molecule has 1 N–H and O–H groups in total.